The molecule has 0 bridgehead atoms. The Kier molecular flexibility index (Phi) is 5.56. The number of carboxylic acids is 1. The molecule has 5 nitrogen and oxygen atoms in total. The molecule has 0 spiro atoms. The number of halogens is 1. The highest BCUT2D eigenvalue weighted by atomic mass is 19.1. The number of aromatic hydroxyl groups is 2. The van der Waals surface area contributed by atoms with Gasteiger partial charge in [-0.2, -0.15) is 0 Å². The SMILES string of the molecule is CC(C)(CC(O)(CCc1ccc(O)cc1)C(=O)O)c1cc(F)ccc1O. The van der Waals surface area contributed by atoms with Crippen LogP contribution in [-0.2, 0) is 16.6 Å². The van der Waals surface area contributed by atoms with E-state index in [4.69, 9.17) is 0 Å². The van der Waals surface area contributed by atoms with Gasteiger partial charge in [0.05, 0.1) is 0 Å². The van der Waals surface area contributed by atoms with E-state index in [-0.39, 0.29) is 36.3 Å². The molecule has 26 heavy (non-hydrogen) atoms. The third kappa shape index (κ3) is 4.52. The first-order chi connectivity index (χ1) is 12.0. The molecule has 0 radical (unpaired) electrons. The number of carboxylic acid groups (broad SMARTS) is 1. The summed E-state index contributed by atoms with van der Waals surface area (Å²) in [6.45, 7) is 3.30. The molecule has 0 aliphatic carbocycles. The summed E-state index contributed by atoms with van der Waals surface area (Å²) in [5, 5.41) is 39.6. The lowest BCUT2D eigenvalue weighted by Crippen LogP contribution is -2.44. The van der Waals surface area contributed by atoms with E-state index >= 15 is 0 Å². The fourth-order valence-corrected chi connectivity index (χ4v) is 3.16. The standard InChI is InChI=1S/C20H23FO5/c1-19(2,16-11-14(21)5-8-17(16)23)12-20(26,18(24)25)10-9-13-3-6-15(22)7-4-13/h3-8,11,22-23,26H,9-10,12H2,1-2H3,(H,24,25). The normalized spacial score (nSPS) is 14.0. The maximum atomic E-state index is 13.6. The molecule has 140 valence electrons. The summed E-state index contributed by atoms with van der Waals surface area (Å²) in [5.74, 6) is -1.97. The van der Waals surface area contributed by atoms with Crippen LogP contribution in [0.2, 0.25) is 0 Å². The van der Waals surface area contributed by atoms with Crippen LogP contribution in [-0.4, -0.2) is 32.0 Å². The average molecular weight is 362 g/mol. The summed E-state index contributed by atoms with van der Waals surface area (Å²) in [5.41, 5.74) is -2.02. The number of hydrogen-bond donors (Lipinski definition) is 4. The maximum Gasteiger partial charge on any atom is 0.335 e. The van der Waals surface area contributed by atoms with Crippen LogP contribution in [0.3, 0.4) is 0 Å². The molecule has 2 aromatic carbocycles. The molecule has 0 fully saturated rings. The van der Waals surface area contributed by atoms with Gasteiger partial charge < -0.3 is 20.4 Å². The first-order valence-corrected chi connectivity index (χ1v) is 8.26. The molecule has 0 amide bonds. The smallest absolute Gasteiger partial charge is 0.335 e. The molecule has 0 aromatic heterocycles. The Bertz CT molecular complexity index is 785. The number of phenols is 2. The summed E-state index contributed by atoms with van der Waals surface area (Å²) in [7, 11) is 0. The van der Waals surface area contributed by atoms with Gasteiger partial charge in [-0.1, -0.05) is 26.0 Å². The van der Waals surface area contributed by atoms with Crippen LogP contribution in [0, 0.1) is 5.82 Å². The predicted octanol–water partition coefficient (Wildman–Crippen LogP) is 3.35. The number of rotatable bonds is 7. The van der Waals surface area contributed by atoms with Gasteiger partial charge in [0.15, 0.2) is 5.60 Å². The number of carbonyl (C=O) groups is 1. The minimum absolute atomic E-state index is 0.0629. The van der Waals surface area contributed by atoms with E-state index < -0.39 is 22.8 Å². The molecule has 2 rings (SSSR count). The molecular formula is C20H23FO5. The summed E-state index contributed by atoms with van der Waals surface area (Å²) >= 11 is 0. The zero-order valence-corrected chi connectivity index (χ0v) is 14.7. The Morgan fingerprint density at radius 2 is 1.69 bits per heavy atom. The minimum Gasteiger partial charge on any atom is -0.508 e. The van der Waals surface area contributed by atoms with Crippen molar-refractivity contribution in [3.8, 4) is 11.5 Å². The lowest BCUT2D eigenvalue weighted by atomic mass is 9.73. The van der Waals surface area contributed by atoms with E-state index in [9.17, 15) is 29.6 Å². The lowest BCUT2D eigenvalue weighted by molar-refractivity contribution is -0.161. The fraction of sp³-hybridized carbons (Fsp3) is 0.350. The Hall–Kier alpha value is -2.60. The van der Waals surface area contributed by atoms with Gasteiger partial charge in [-0.05, 0) is 60.6 Å². The van der Waals surface area contributed by atoms with Crippen LogP contribution in [0.5, 0.6) is 11.5 Å². The maximum absolute atomic E-state index is 13.6. The van der Waals surface area contributed by atoms with Gasteiger partial charge in [-0.15, -0.1) is 0 Å². The van der Waals surface area contributed by atoms with Crippen molar-refractivity contribution in [2.24, 2.45) is 0 Å². The van der Waals surface area contributed by atoms with Crippen LogP contribution in [0.25, 0.3) is 0 Å². The molecule has 0 aliphatic heterocycles. The number of benzene rings is 2. The summed E-state index contributed by atoms with van der Waals surface area (Å²) in [6.07, 6.45) is 0.0192. The first kappa shape index (κ1) is 19.7. The largest absolute Gasteiger partial charge is 0.508 e. The quantitative estimate of drug-likeness (QED) is 0.605. The van der Waals surface area contributed by atoms with Crippen molar-refractivity contribution in [2.45, 2.75) is 44.1 Å². The molecule has 2 aromatic rings. The Morgan fingerprint density at radius 1 is 1.08 bits per heavy atom. The topological polar surface area (TPSA) is 98.0 Å². The van der Waals surface area contributed by atoms with Crippen molar-refractivity contribution in [1.29, 1.82) is 0 Å². The van der Waals surface area contributed by atoms with E-state index in [0.29, 0.717) is 0 Å². The average Bonchev–Trinajstić information content (AvgIpc) is 2.56. The van der Waals surface area contributed by atoms with Gasteiger partial charge in [0.2, 0.25) is 0 Å². The summed E-state index contributed by atoms with van der Waals surface area (Å²) in [6, 6.07) is 9.76. The monoisotopic (exact) mass is 362 g/mol. The summed E-state index contributed by atoms with van der Waals surface area (Å²) in [4.78, 5) is 11.7. The van der Waals surface area contributed by atoms with Gasteiger partial charge in [0.25, 0.3) is 0 Å². The third-order valence-electron chi connectivity index (χ3n) is 4.58. The van der Waals surface area contributed by atoms with E-state index in [2.05, 4.69) is 0 Å². The molecule has 0 saturated carbocycles. The first-order valence-electron chi connectivity index (χ1n) is 8.26. The molecule has 1 atom stereocenters. The second-order valence-corrected chi connectivity index (χ2v) is 7.23. The lowest BCUT2D eigenvalue weighted by Gasteiger charge is -2.34. The third-order valence-corrected chi connectivity index (χ3v) is 4.58. The minimum atomic E-state index is -2.06. The molecule has 4 N–H and O–H groups in total. The Labute approximate surface area is 151 Å². The molecular weight excluding hydrogens is 339 g/mol. The van der Waals surface area contributed by atoms with Gasteiger partial charge >= 0.3 is 5.97 Å². The predicted molar refractivity (Wildman–Crippen MR) is 94.7 cm³/mol. The van der Waals surface area contributed by atoms with Crippen molar-refractivity contribution >= 4 is 5.97 Å². The van der Waals surface area contributed by atoms with Gasteiger partial charge in [-0.3, -0.25) is 0 Å². The van der Waals surface area contributed by atoms with Crippen LogP contribution >= 0.6 is 0 Å². The zero-order valence-electron chi connectivity index (χ0n) is 14.7. The van der Waals surface area contributed by atoms with Gasteiger partial charge in [-0.25, -0.2) is 9.18 Å². The van der Waals surface area contributed by atoms with Crippen molar-refractivity contribution in [3.63, 3.8) is 0 Å². The molecule has 6 heteroatoms. The Morgan fingerprint density at radius 3 is 2.27 bits per heavy atom. The zero-order chi connectivity index (χ0) is 19.5. The number of hydrogen-bond acceptors (Lipinski definition) is 4. The molecule has 1 unspecified atom stereocenters. The van der Waals surface area contributed by atoms with Crippen molar-refractivity contribution in [2.75, 3.05) is 0 Å². The van der Waals surface area contributed by atoms with Crippen LogP contribution in [0.4, 0.5) is 4.39 Å². The highest BCUT2D eigenvalue weighted by Crippen LogP contribution is 2.39. The van der Waals surface area contributed by atoms with Gasteiger partial charge in [0, 0.05) is 5.56 Å². The second-order valence-electron chi connectivity index (χ2n) is 7.23. The van der Waals surface area contributed by atoms with E-state index in [0.717, 1.165) is 17.7 Å². The van der Waals surface area contributed by atoms with Crippen molar-refractivity contribution < 1.29 is 29.6 Å². The molecule has 0 aliphatic rings. The van der Waals surface area contributed by atoms with Crippen molar-refractivity contribution in [3.05, 3.63) is 59.4 Å². The van der Waals surface area contributed by atoms with E-state index in [1.54, 1.807) is 26.0 Å². The Balaban J connectivity index is 2.23. The highest BCUT2D eigenvalue weighted by molar-refractivity contribution is 5.77. The van der Waals surface area contributed by atoms with Crippen molar-refractivity contribution in [1.82, 2.24) is 0 Å². The van der Waals surface area contributed by atoms with Crippen LogP contribution < -0.4 is 0 Å². The van der Waals surface area contributed by atoms with E-state index in [1.165, 1.54) is 18.2 Å². The highest BCUT2D eigenvalue weighted by Gasteiger charge is 2.42. The van der Waals surface area contributed by atoms with Crippen LogP contribution in [0.15, 0.2) is 42.5 Å². The number of aryl methyl sites for hydroxylation is 1. The fourth-order valence-electron chi connectivity index (χ4n) is 3.16. The number of phenolic OH excluding ortho intramolecular Hbond substituents is 2. The molecule has 0 heterocycles. The molecule has 0 saturated heterocycles. The number of aliphatic hydroxyl groups is 1. The van der Waals surface area contributed by atoms with Crippen LogP contribution in [0.1, 0.15) is 37.8 Å². The summed E-state index contributed by atoms with van der Waals surface area (Å²) < 4.78 is 13.6. The second kappa shape index (κ2) is 7.33. The van der Waals surface area contributed by atoms with Gasteiger partial charge in [0.1, 0.15) is 17.3 Å². The number of aliphatic carboxylic acids is 1. The van der Waals surface area contributed by atoms with E-state index in [1.807, 2.05) is 0 Å².